The molecule has 0 aliphatic heterocycles. The molecule has 0 saturated heterocycles. The normalized spacial score (nSPS) is 10.7. The molecule has 0 N–H and O–H groups in total. The first-order valence-electron chi connectivity index (χ1n) is 9.25. The number of carbonyl (C=O) groups is 1. The summed E-state index contributed by atoms with van der Waals surface area (Å²) >= 11 is 0. The van der Waals surface area contributed by atoms with Crippen molar-refractivity contribution >= 4 is 38.3 Å². The van der Waals surface area contributed by atoms with Gasteiger partial charge in [0, 0.05) is 35.8 Å². The number of aryl methyl sites for hydroxylation is 3. The Hall–Kier alpha value is -1.26. The van der Waals surface area contributed by atoms with E-state index >= 15 is 0 Å². The molecular formula is C22H29LiO3P. The number of benzene rings is 2. The number of hydrogen-bond donors (Lipinski definition) is 0. The Morgan fingerprint density at radius 1 is 0.926 bits per heavy atom. The first-order valence-corrected chi connectivity index (χ1v) is 10.2. The molecule has 2 rings (SSSR count). The van der Waals surface area contributed by atoms with Crippen LogP contribution in [0.2, 0.25) is 0 Å². The zero-order valence-electron chi connectivity index (χ0n) is 17.4. The summed E-state index contributed by atoms with van der Waals surface area (Å²) in [7, 11) is 0.0346. The van der Waals surface area contributed by atoms with Crippen LogP contribution >= 0.6 is 8.58 Å². The van der Waals surface area contributed by atoms with Gasteiger partial charge in [0.15, 0.2) is 5.52 Å². The summed E-state index contributed by atoms with van der Waals surface area (Å²) in [6, 6.07) is 9.95. The molecule has 0 bridgehead atoms. The molecule has 0 aromatic heterocycles. The Labute approximate surface area is 177 Å². The monoisotopic (exact) mass is 379 g/mol. The Balaban J connectivity index is 0.00000364. The van der Waals surface area contributed by atoms with E-state index in [0.717, 1.165) is 46.3 Å². The van der Waals surface area contributed by atoms with Crippen molar-refractivity contribution in [2.45, 2.75) is 47.5 Å². The van der Waals surface area contributed by atoms with Gasteiger partial charge in [-0.1, -0.05) is 31.5 Å². The zero-order chi connectivity index (χ0) is 19.1. The van der Waals surface area contributed by atoms with Crippen molar-refractivity contribution in [3.8, 4) is 11.5 Å². The van der Waals surface area contributed by atoms with Crippen molar-refractivity contribution in [2.75, 3.05) is 13.2 Å². The van der Waals surface area contributed by atoms with Crippen molar-refractivity contribution in [3.63, 3.8) is 0 Å². The van der Waals surface area contributed by atoms with E-state index in [4.69, 9.17) is 9.47 Å². The van der Waals surface area contributed by atoms with Crippen LogP contribution in [0.25, 0.3) is 0 Å². The van der Waals surface area contributed by atoms with Gasteiger partial charge >= 0.3 is 0 Å². The molecule has 0 amide bonds. The SMILES string of the molecule is CCCOc1ccc(PC(=O)c2c(C)cc(C)cc2C)c(OCCC)c1.[Li]. The molecule has 0 aliphatic carbocycles. The molecule has 1 radical (unpaired) electrons. The van der Waals surface area contributed by atoms with Crippen LogP contribution in [0.1, 0.15) is 53.7 Å². The van der Waals surface area contributed by atoms with Crippen LogP contribution in [0.5, 0.6) is 11.5 Å². The van der Waals surface area contributed by atoms with Crippen molar-refractivity contribution in [1.29, 1.82) is 0 Å². The number of carbonyl (C=O) groups excluding carboxylic acids is 1. The standard InChI is InChI=1S/C22H29O3P.Li/c1-6-10-24-18-8-9-20(19(14-18)25-11-7-2)26-22(23)21-16(4)12-15(3)13-17(21)5;/h8-9,12-14,26H,6-7,10-11H2,1-5H3;. The second-order valence-electron chi connectivity index (χ2n) is 6.58. The van der Waals surface area contributed by atoms with Crippen molar-refractivity contribution < 1.29 is 14.3 Å². The summed E-state index contributed by atoms with van der Waals surface area (Å²) in [6.07, 6.45) is 1.88. The van der Waals surface area contributed by atoms with Gasteiger partial charge in [0.05, 0.1) is 13.2 Å². The molecule has 27 heavy (non-hydrogen) atoms. The van der Waals surface area contributed by atoms with Crippen LogP contribution in [0, 0.1) is 20.8 Å². The molecule has 0 spiro atoms. The van der Waals surface area contributed by atoms with E-state index in [1.165, 1.54) is 5.56 Å². The van der Waals surface area contributed by atoms with Gasteiger partial charge in [0.1, 0.15) is 11.5 Å². The molecule has 3 nitrogen and oxygen atoms in total. The van der Waals surface area contributed by atoms with Crippen LogP contribution in [0.4, 0.5) is 0 Å². The molecule has 2 aromatic rings. The van der Waals surface area contributed by atoms with Gasteiger partial charge in [-0.25, -0.2) is 0 Å². The first kappa shape index (κ1) is 23.8. The smallest absolute Gasteiger partial charge is 0.186 e. The maximum absolute atomic E-state index is 13.0. The van der Waals surface area contributed by atoms with Crippen LogP contribution in [0.3, 0.4) is 0 Å². The summed E-state index contributed by atoms with van der Waals surface area (Å²) in [5.41, 5.74) is 4.26. The van der Waals surface area contributed by atoms with E-state index < -0.39 is 0 Å². The van der Waals surface area contributed by atoms with Gasteiger partial charge in [0.2, 0.25) is 0 Å². The van der Waals surface area contributed by atoms with Gasteiger partial charge < -0.3 is 9.47 Å². The summed E-state index contributed by atoms with van der Waals surface area (Å²) in [6.45, 7) is 11.5. The van der Waals surface area contributed by atoms with E-state index in [2.05, 4.69) is 32.9 Å². The van der Waals surface area contributed by atoms with E-state index in [-0.39, 0.29) is 33.0 Å². The third-order valence-corrected chi connectivity index (χ3v) is 5.20. The molecule has 2 aromatic carbocycles. The van der Waals surface area contributed by atoms with Crippen LogP contribution < -0.4 is 14.8 Å². The second-order valence-corrected chi connectivity index (χ2v) is 7.83. The summed E-state index contributed by atoms with van der Waals surface area (Å²) in [5, 5.41) is 0.937. The minimum Gasteiger partial charge on any atom is -0.493 e. The van der Waals surface area contributed by atoms with Gasteiger partial charge in [-0.3, -0.25) is 4.79 Å². The third kappa shape index (κ3) is 6.69. The molecule has 5 heteroatoms. The number of rotatable bonds is 9. The molecule has 0 heterocycles. The van der Waals surface area contributed by atoms with E-state index in [1.807, 2.05) is 32.0 Å². The summed E-state index contributed by atoms with van der Waals surface area (Å²) in [4.78, 5) is 13.0. The Morgan fingerprint density at radius 2 is 1.52 bits per heavy atom. The Kier molecular flexibility index (Phi) is 10.2. The molecule has 0 aliphatic rings. The van der Waals surface area contributed by atoms with Gasteiger partial charge in [-0.05, 0) is 65.5 Å². The topological polar surface area (TPSA) is 35.5 Å². The zero-order valence-corrected chi connectivity index (χ0v) is 18.4. The molecule has 0 saturated carbocycles. The molecule has 0 fully saturated rings. The predicted octanol–water partition coefficient (Wildman–Crippen LogP) is 4.95. The van der Waals surface area contributed by atoms with Crippen LogP contribution in [0.15, 0.2) is 30.3 Å². The third-order valence-electron chi connectivity index (χ3n) is 4.04. The molecule has 1 unspecified atom stereocenters. The summed E-state index contributed by atoms with van der Waals surface area (Å²) < 4.78 is 11.6. The van der Waals surface area contributed by atoms with E-state index in [0.29, 0.717) is 13.2 Å². The average Bonchev–Trinajstić information content (AvgIpc) is 2.58. The largest absolute Gasteiger partial charge is 0.493 e. The fraction of sp³-hybridized carbons (Fsp3) is 0.409. The summed E-state index contributed by atoms with van der Waals surface area (Å²) in [5.74, 6) is 1.55. The maximum Gasteiger partial charge on any atom is 0.186 e. The van der Waals surface area contributed by atoms with Gasteiger partial charge in [0.25, 0.3) is 0 Å². The van der Waals surface area contributed by atoms with E-state index in [1.54, 1.807) is 0 Å². The molecule has 141 valence electrons. The maximum atomic E-state index is 13.0. The number of ether oxygens (including phenoxy) is 2. The Morgan fingerprint density at radius 3 is 2.11 bits per heavy atom. The first-order chi connectivity index (χ1) is 12.5. The van der Waals surface area contributed by atoms with Gasteiger partial charge in [-0.2, -0.15) is 0 Å². The quantitative estimate of drug-likeness (QED) is 0.457. The van der Waals surface area contributed by atoms with Crippen LogP contribution in [-0.4, -0.2) is 37.6 Å². The van der Waals surface area contributed by atoms with E-state index in [9.17, 15) is 4.79 Å². The minimum absolute atomic E-state index is 0. The van der Waals surface area contributed by atoms with Crippen molar-refractivity contribution in [1.82, 2.24) is 0 Å². The molecule has 1 atom stereocenters. The fourth-order valence-electron chi connectivity index (χ4n) is 2.97. The van der Waals surface area contributed by atoms with Crippen molar-refractivity contribution in [3.05, 3.63) is 52.6 Å². The fourth-order valence-corrected chi connectivity index (χ4v) is 4.17. The predicted molar refractivity (Wildman–Crippen MR) is 117 cm³/mol. The molecular weight excluding hydrogens is 350 g/mol. The Bertz CT molecular complexity index is 751. The number of hydrogen-bond acceptors (Lipinski definition) is 3. The van der Waals surface area contributed by atoms with Gasteiger partial charge in [-0.15, -0.1) is 0 Å². The van der Waals surface area contributed by atoms with Crippen molar-refractivity contribution in [2.24, 2.45) is 0 Å². The average molecular weight is 379 g/mol. The van der Waals surface area contributed by atoms with Crippen LogP contribution in [-0.2, 0) is 0 Å². The second kappa shape index (κ2) is 11.6. The minimum atomic E-state index is 0.